The number of fused-ring (bicyclic) bond motifs is 1. The van der Waals surface area contributed by atoms with Crippen molar-refractivity contribution in [3.8, 4) is 0 Å². The number of halogens is 2. The third-order valence-corrected chi connectivity index (χ3v) is 5.40. The summed E-state index contributed by atoms with van der Waals surface area (Å²) < 4.78 is 3.26. The second-order valence-electron chi connectivity index (χ2n) is 4.40. The summed E-state index contributed by atoms with van der Waals surface area (Å²) in [4.78, 5) is 5.73. The lowest BCUT2D eigenvalue weighted by Crippen LogP contribution is -2.05. The fourth-order valence-electron chi connectivity index (χ4n) is 2.18. The van der Waals surface area contributed by atoms with Crippen LogP contribution in [0.15, 0.2) is 46.5 Å². The van der Waals surface area contributed by atoms with Crippen LogP contribution in [0.4, 0.5) is 0 Å². The molecule has 98 valence electrons. The third-order valence-electron chi connectivity index (χ3n) is 3.13. The van der Waals surface area contributed by atoms with Gasteiger partial charge in [0.25, 0.3) is 0 Å². The quantitative estimate of drug-likeness (QED) is 0.571. The van der Waals surface area contributed by atoms with E-state index in [0.717, 1.165) is 22.4 Å². The lowest BCUT2D eigenvalue weighted by atomic mass is 9.96. The van der Waals surface area contributed by atoms with Crippen molar-refractivity contribution < 1.29 is 0 Å². The van der Waals surface area contributed by atoms with Crippen molar-refractivity contribution >= 4 is 48.2 Å². The summed E-state index contributed by atoms with van der Waals surface area (Å²) in [5.41, 5.74) is 2.47. The van der Waals surface area contributed by atoms with Crippen molar-refractivity contribution in [3.63, 3.8) is 0 Å². The number of alkyl halides is 1. The minimum Gasteiger partial charge on any atom is -0.297 e. The van der Waals surface area contributed by atoms with Crippen molar-refractivity contribution in [2.24, 2.45) is 0 Å². The van der Waals surface area contributed by atoms with Crippen LogP contribution >= 0.6 is 43.2 Å². The number of rotatable bonds is 4. The molecule has 0 saturated carbocycles. The highest BCUT2D eigenvalue weighted by Crippen LogP contribution is 2.29. The topological polar surface area (TPSA) is 17.3 Å². The zero-order valence-corrected chi connectivity index (χ0v) is 14.1. The average molecular weight is 400 g/mol. The van der Waals surface area contributed by atoms with E-state index in [2.05, 4.69) is 77.2 Å². The fourth-order valence-corrected chi connectivity index (χ4v) is 4.09. The maximum absolute atomic E-state index is 4.66. The monoisotopic (exact) mass is 398 g/mol. The number of nitrogens with zero attached hydrogens (tertiary/aromatic N) is 2. The van der Waals surface area contributed by atoms with Gasteiger partial charge in [-0.2, -0.15) is 0 Å². The van der Waals surface area contributed by atoms with Gasteiger partial charge in [0.05, 0.1) is 5.69 Å². The Hall–Kier alpha value is -0.650. The Kier molecular flexibility index (Phi) is 4.05. The molecule has 19 heavy (non-hydrogen) atoms. The van der Waals surface area contributed by atoms with E-state index >= 15 is 0 Å². The van der Waals surface area contributed by atoms with E-state index in [9.17, 15) is 0 Å². The first kappa shape index (κ1) is 13.3. The summed E-state index contributed by atoms with van der Waals surface area (Å²) in [6.45, 7) is 0. The van der Waals surface area contributed by atoms with Crippen LogP contribution < -0.4 is 0 Å². The Bertz CT molecular complexity index is 661. The average Bonchev–Trinajstić information content (AvgIpc) is 2.97. The fraction of sp³-hybridized carbons (Fsp3) is 0.214. The molecule has 0 spiro atoms. The molecule has 1 aromatic carbocycles. The molecule has 1 unspecified atom stereocenters. The summed E-state index contributed by atoms with van der Waals surface area (Å²) in [7, 11) is 0. The molecule has 2 heterocycles. The third kappa shape index (κ3) is 2.78. The van der Waals surface area contributed by atoms with Crippen LogP contribution in [0.25, 0.3) is 4.96 Å². The Morgan fingerprint density at radius 3 is 2.89 bits per heavy atom. The summed E-state index contributed by atoms with van der Waals surface area (Å²) in [6.07, 6.45) is 5.12. The Balaban J connectivity index is 1.87. The predicted octanol–water partition coefficient (Wildman–Crippen LogP) is 4.88. The van der Waals surface area contributed by atoms with Crippen molar-refractivity contribution in [1.29, 1.82) is 0 Å². The maximum atomic E-state index is 4.66. The Morgan fingerprint density at radius 1 is 1.32 bits per heavy atom. The van der Waals surface area contributed by atoms with Gasteiger partial charge >= 0.3 is 0 Å². The van der Waals surface area contributed by atoms with E-state index < -0.39 is 0 Å². The number of hydrogen-bond donors (Lipinski definition) is 0. The van der Waals surface area contributed by atoms with E-state index in [0.29, 0.717) is 5.92 Å². The Morgan fingerprint density at radius 2 is 2.16 bits per heavy atom. The molecule has 3 aromatic rings. The van der Waals surface area contributed by atoms with E-state index in [4.69, 9.17) is 0 Å². The zero-order chi connectivity index (χ0) is 13.2. The van der Waals surface area contributed by atoms with Gasteiger partial charge in [0.15, 0.2) is 4.96 Å². The largest absolute Gasteiger partial charge is 0.297 e. The van der Waals surface area contributed by atoms with Crippen molar-refractivity contribution in [3.05, 3.63) is 57.8 Å². The first-order chi connectivity index (χ1) is 9.28. The van der Waals surface area contributed by atoms with E-state index in [-0.39, 0.29) is 0 Å². The molecular weight excluding hydrogens is 388 g/mol. The Labute approximate surface area is 132 Å². The van der Waals surface area contributed by atoms with Crippen LogP contribution in [0.2, 0.25) is 0 Å². The predicted molar refractivity (Wildman–Crippen MR) is 87.5 cm³/mol. The van der Waals surface area contributed by atoms with Crippen LogP contribution in [0.3, 0.4) is 0 Å². The smallest absolute Gasteiger partial charge is 0.193 e. The second-order valence-corrected chi connectivity index (χ2v) is 6.78. The van der Waals surface area contributed by atoms with Gasteiger partial charge in [0, 0.05) is 33.5 Å². The standard InChI is InChI=1S/C14H12Br2N2S/c15-8-10(12-3-1-2-4-13(12)16)7-11-9-18-5-6-19-14(18)17-11/h1-6,9-10H,7-8H2. The molecule has 0 saturated heterocycles. The summed E-state index contributed by atoms with van der Waals surface area (Å²) in [5, 5.41) is 2.99. The molecule has 0 aliphatic rings. The first-order valence-electron chi connectivity index (χ1n) is 5.99. The van der Waals surface area contributed by atoms with Crippen LogP contribution in [0.1, 0.15) is 17.2 Å². The number of hydrogen-bond acceptors (Lipinski definition) is 2. The number of aromatic nitrogens is 2. The van der Waals surface area contributed by atoms with Crippen LogP contribution in [-0.2, 0) is 6.42 Å². The molecule has 2 aromatic heterocycles. The molecule has 3 rings (SSSR count). The van der Waals surface area contributed by atoms with E-state index in [1.54, 1.807) is 11.3 Å². The first-order valence-corrected chi connectivity index (χ1v) is 8.79. The van der Waals surface area contributed by atoms with Crippen LogP contribution in [0.5, 0.6) is 0 Å². The molecule has 2 nitrogen and oxygen atoms in total. The molecule has 0 aliphatic heterocycles. The summed E-state index contributed by atoms with van der Waals surface area (Å²) >= 11 is 8.93. The van der Waals surface area contributed by atoms with E-state index in [1.165, 1.54) is 10.0 Å². The van der Waals surface area contributed by atoms with Gasteiger partial charge in [0.2, 0.25) is 0 Å². The highest BCUT2D eigenvalue weighted by atomic mass is 79.9. The van der Waals surface area contributed by atoms with Crippen molar-refractivity contribution in [1.82, 2.24) is 9.38 Å². The van der Waals surface area contributed by atoms with Crippen LogP contribution in [0, 0.1) is 0 Å². The molecule has 0 aliphatic carbocycles. The highest BCUT2D eigenvalue weighted by Gasteiger charge is 2.15. The highest BCUT2D eigenvalue weighted by molar-refractivity contribution is 9.10. The van der Waals surface area contributed by atoms with E-state index in [1.807, 2.05) is 6.07 Å². The van der Waals surface area contributed by atoms with Gasteiger partial charge in [-0.1, -0.05) is 50.1 Å². The summed E-state index contributed by atoms with van der Waals surface area (Å²) in [6, 6.07) is 8.40. The van der Waals surface area contributed by atoms with Gasteiger partial charge < -0.3 is 0 Å². The normalized spacial score (nSPS) is 12.9. The number of thiazole rings is 1. The molecule has 0 N–H and O–H groups in total. The lowest BCUT2D eigenvalue weighted by molar-refractivity contribution is 0.757. The molecule has 0 fully saturated rings. The van der Waals surface area contributed by atoms with Gasteiger partial charge in [-0.05, 0) is 18.1 Å². The lowest BCUT2D eigenvalue weighted by Gasteiger charge is -2.14. The summed E-state index contributed by atoms with van der Waals surface area (Å²) in [5.74, 6) is 0.431. The molecule has 0 radical (unpaired) electrons. The van der Waals surface area contributed by atoms with Gasteiger partial charge in [-0.3, -0.25) is 4.40 Å². The molecule has 1 atom stereocenters. The second kappa shape index (κ2) is 5.77. The van der Waals surface area contributed by atoms with Gasteiger partial charge in [0.1, 0.15) is 0 Å². The maximum Gasteiger partial charge on any atom is 0.193 e. The minimum absolute atomic E-state index is 0.431. The van der Waals surface area contributed by atoms with Gasteiger partial charge in [-0.25, -0.2) is 4.98 Å². The number of benzene rings is 1. The molecule has 5 heteroatoms. The zero-order valence-electron chi connectivity index (χ0n) is 10.1. The van der Waals surface area contributed by atoms with Crippen molar-refractivity contribution in [2.75, 3.05) is 5.33 Å². The van der Waals surface area contributed by atoms with Gasteiger partial charge in [-0.15, -0.1) is 11.3 Å². The SMILES string of the molecule is BrCC(Cc1cn2ccsc2n1)c1ccccc1Br. The van der Waals surface area contributed by atoms with Crippen molar-refractivity contribution in [2.45, 2.75) is 12.3 Å². The molecular formula is C14H12Br2N2S. The van der Waals surface area contributed by atoms with Crippen LogP contribution in [-0.4, -0.2) is 14.7 Å². The number of imidazole rings is 1. The minimum atomic E-state index is 0.431. The molecule has 0 bridgehead atoms. The molecule has 0 amide bonds.